The van der Waals surface area contributed by atoms with Crippen LogP contribution >= 0.6 is 0 Å². The Labute approximate surface area is 177 Å². The molecule has 11 heteroatoms. The van der Waals surface area contributed by atoms with E-state index in [-0.39, 0.29) is 47.8 Å². The van der Waals surface area contributed by atoms with Crippen LogP contribution in [0, 0.1) is 12.7 Å². The van der Waals surface area contributed by atoms with Gasteiger partial charge < -0.3 is 9.30 Å². The molecule has 2 aromatic carbocycles. The van der Waals surface area contributed by atoms with Crippen LogP contribution in [0.4, 0.5) is 14.5 Å². The number of halogens is 2. The van der Waals surface area contributed by atoms with Crippen molar-refractivity contribution < 1.29 is 21.9 Å². The van der Waals surface area contributed by atoms with Crippen molar-refractivity contribution in [1.29, 1.82) is 0 Å². The number of aromatic nitrogens is 2. The highest BCUT2D eigenvalue weighted by atomic mass is 32.2. The molecule has 2 heterocycles. The van der Waals surface area contributed by atoms with E-state index in [1.807, 2.05) is 0 Å². The number of hydrogen-bond donors (Lipinski definition) is 1. The summed E-state index contributed by atoms with van der Waals surface area (Å²) in [6.07, 6.45) is 0.323. The summed E-state index contributed by atoms with van der Waals surface area (Å²) in [7, 11) is -2.43. The van der Waals surface area contributed by atoms with Gasteiger partial charge in [-0.25, -0.2) is 13.8 Å². The monoisotopic (exact) mass is 450 g/mol. The van der Waals surface area contributed by atoms with E-state index >= 15 is 0 Å². The maximum Gasteiger partial charge on any atom is 0.301 e. The molecule has 3 aromatic rings. The van der Waals surface area contributed by atoms with Crippen LogP contribution in [-0.4, -0.2) is 41.5 Å². The molecule has 1 aliphatic rings. The molecular weight excluding hydrogens is 430 g/mol. The highest BCUT2D eigenvalue weighted by Gasteiger charge is 2.32. The first kappa shape index (κ1) is 21.2. The molecule has 0 radical (unpaired) electrons. The van der Waals surface area contributed by atoms with Gasteiger partial charge in [0.25, 0.3) is 5.56 Å². The largest absolute Gasteiger partial charge is 0.454 e. The van der Waals surface area contributed by atoms with E-state index in [1.165, 1.54) is 36.0 Å². The third-order valence-electron chi connectivity index (χ3n) is 5.14. The second kappa shape index (κ2) is 7.89. The fourth-order valence-corrected chi connectivity index (χ4v) is 4.71. The summed E-state index contributed by atoms with van der Waals surface area (Å²) in [5.41, 5.74) is 0.493. The quantitative estimate of drug-likeness (QED) is 0.645. The van der Waals surface area contributed by atoms with E-state index in [4.69, 9.17) is 4.74 Å². The van der Waals surface area contributed by atoms with E-state index in [9.17, 15) is 22.0 Å². The van der Waals surface area contributed by atoms with Crippen LogP contribution in [-0.2, 0) is 17.3 Å². The number of hydrogen-bond acceptors (Lipinski definition) is 5. The van der Waals surface area contributed by atoms with Gasteiger partial charge in [-0.2, -0.15) is 12.7 Å². The van der Waals surface area contributed by atoms with E-state index in [0.29, 0.717) is 10.9 Å². The average Bonchev–Trinajstić information content (AvgIpc) is 3.18. The van der Waals surface area contributed by atoms with Crippen molar-refractivity contribution in [2.75, 3.05) is 17.8 Å². The fourth-order valence-electron chi connectivity index (χ4n) is 3.38. The number of alkyl halides is 1. The fraction of sp³-hybridized carbons (Fsp3) is 0.300. The summed E-state index contributed by atoms with van der Waals surface area (Å²) in [4.78, 5) is 16.5. The molecule has 1 aliphatic heterocycles. The number of nitrogens with zero attached hydrogens (tertiary/aromatic N) is 3. The third kappa shape index (κ3) is 4.10. The second-order valence-electron chi connectivity index (χ2n) is 7.34. The summed E-state index contributed by atoms with van der Waals surface area (Å²) < 4.78 is 63.4. The molecule has 0 spiro atoms. The number of ether oxygens (including phenoxy) is 1. The Balaban J connectivity index is 1.66. The molecule has 0 aliphatic carbocycles. The third-order valence-corrected chi connectivity index (χ3v) is 6.63. The van der Waals surface area contributed by atoms with E-state index < -0.39 is 22.2 Å². The number of anilines is 1. The summed E-state index contributed by atoms with van der Waals surface area (Å²) in [5.74, 6) is -0.700. The molecule has 1 N–H and O–H groups in total. The van der Waals surface area contributed by atoms with Crippen LogP contribution in [0.1, 0.15) is 12.0 Å². The van der Waals surface area contributed by atoms with E-state index in [1.54, 1.807) is 13.1 Å². The van der Waals surface area contributed by atoms with Gasteiger partial charge >= 0.3 is 10.2 Å². The normalized spacial score (nSPS) is 17.2. The molecule has 1 aromatic heterocycles. The van der Waals surface area contributed by atoms with Crippen molar-refractivity contribution in [1.82, 2.24) is 13.9 Å². The molecule has 0 bridgehead atoms. The molecule has 0 amide bonds. The van der Waals surface area contributed by atoms with Gasteiger partial charge in [0.05, 0.1) is 22.9 Å². The Bertz CT molecular complexity index is 1330. The van der Waals surface area contributed by atoms with Crippen LogP contribution in [0.25, 0.3) is 10.9 Å². The Hall–Kier alpha value is -3.05. The molecule has 164 valence electrons. The lowest BCUT2D eigenvalue weighted by Gasteiger charge is -2.19. The van der Waals surface area contributed by atoms with Crippen LogP contribution in [0.15, 0.2) is 41.5 Å². The first-order valence-corrected chi connectivity index (χ1v) is 10.9. The molecule has 4 rings (SSSR count). The Morgan fingerprint density at radius 1 is 1.26 bits per heavy atom. The van der Waals surface area contributed by atoms with Crippen molar-refractivity contribution in [2.45, 2.75) is 19.5 Å². The van der Waals surface area contributed by atoms with Crippen LogP contribution < -0.4 is 15.0 Å². The average molecular weight is 450 g/mol. The smallest absolute Gasteiger partial charge is 0.301 e. The van der Waals surface area contributed by atoms with Gasteiger partial charge in [0.2, 0.25) is 0 Å². The van der Waals surface area contributed by atoms with Gasteiger partial charge in [0.15, 0.2) is 11.6 Å². The van der Waals surface area contributed by atoms with Crippen molar-refractivity contribution in [3.05, 3.63) is 58.4 Å². The van der Waals surface area contributed by atoms with Gasteiger partial charge in [-0.3, -0.25) is 9.52 Å². The van der Waals surface area contributed by atoms with Crippen molar-refractivity contribution in [2.24, 2.45) is 7.05 Å². The van der Waals surface area contributed by atoms with E-state index in [0.717, 1.165) is 10.4 Å². The second-order valence-corrected chi connectivity index (χ2v) is 9.01. The van der Waals surface area contributed by atoms with E-state index in [2.05, 4.69) is 9.71 Å². The molecule has 31 heavy (non-hydrogen) atoms. The lowest BCUT2D eigenvalue weighted by molar-refractivity contribution is 0.343. The summed E-state index contributed by atoms with van der Waals surface area (Å²) in [5, 5.41) is 0.298. The Morgan fingerprint density at radius 2 is 2.03 bits per heavy atom. The van der Waals surface area contributed by atoms with Crippen LogP contribution in [0.3, 0.4) is 0 Å². The lowest BCUT2D eigenvalue weighted by Crippen LogP contribution is -2.34. The summed E-state index contributed by atoms with van der Waals surface area (Å²) in [6.45, 7) is 1.35. The number of benzene rings is 2. The Kier molecular flexibility index (Phi) is 5.40. The number of nitrogens with one attached hydrogen (secondary N) is 1. The molecule has 0 unspecified atom stereocenters. The number of fused-ring (bicyclic) bond motifs is 1. The maximum absolute atomic E-state index is 14.5. The predicted molar refractivity (Wildman–Crippen MR) is 112 cm³/mol. The zero-order valence-corrected chi connectivity index (χ0v) is 17.6. The standard InChI is InChI=1S/C20H20F2N4O4S/c1-12-17(24-31(28,29)26-8-7-13(21)10-26)6-4-16(22)19(12)30-14-3-5-18-15(9-14)20(27)25(2)11-23-18/h3-6,9,11,13,24H,7-8,10H2,1-2H3/t13-/m1/s1. The molecule has 1 fully saturated rings. The molecule has 1 atom stereocenters. The summed E-state index contributed by atoms with van der Waals surface area (Å²) >= 11 is 0. The van der Waals surface area contributed by atoms with Crippen LogP contribution in [0.2, 0.25) is 0 Å². The van der Waals surface area contributed by atoms with Gasteiger partial charge in [0.1, 0.15) is 11.9 Å². The minimum atomic E-state index is -4.00. The number of rotatable bonds is 5. The van der Waals surface area contributed by atoms with Gasteiger partial charge in [-0.1, -0.05) is 0 Å². The zero-order valence-electron chi connectivity index (χ0n) is 16.8. The van der Waals surface area contributed by atoms with Crippen LogP contribution in [0.5, 0.6) is 11.5 Å². The maximum atomic E-state index is 14.5. The van der Waals surface area contributed by atoms with Gasteiger partial charge in [-0.05, 0) is 43.7 Å². The topological polar surface area (TPSA) is 93.5 Å². The summed E-state index contributed by atoms with van der Waals surface area (Å²) in [6, 6.07) is 6.91. The van der Waals surface area contributed by atoms with Crippen molar-refractivity contribution in [3.8, 4) is 11.5 Å². The molecule has 1 saturated heterocycles. The van der Waals surface area contributed by atoms with Crippen molar-refractivity contribution in [3.63, 3.8) is 0 Å². The molecule has 8 nitrogen and oxygen atoms in total. The highest BCUT2D eigenvalue weighted by Crippen LogP contribution is 2.34. The van der Waals surface area contributed by atoms with Crippen molar-refractivity contribution >= 4 is 26.8 Å². The SMILES string of the molecule is Cc1c(NS(=O)(=O)N2CC[C@@H](F)C2)ccc(F)c1Oc1ccc2ncn(C)c(=O)c2c1. The minimum absolute atomic E-state index is 0.0696. The van der Waals surface area contributed by atoms with Gasteiger partial charge in [0, 0.05) is 25.7 Å². The van der Waals surface area contributed by atoms with Gasteiger partial charge in [-0.15, -0.1) is 0 Å². The zero-order chi connectivity index (χ0) is 22.3. The predicted octanol–water partition coefficient (Wildman–Crippen LogP) is 2.87. The first-order valence-electron chi connectivity index (χ1n) is 9.50. The first-order chi connectivity index (χ1) is 14.7. The molecular formula is C20H20F2N4O4S. The number of aryl methyl sites for hydroxylation is 1. The highest BCUT2D eigenvalue weighted by molar-refractivity contribution is 7.90. The molecule has 0 saturated carbocycles. The lowest BCUT2D eigenvalue weighted by atomic mass is 10.1. The minimum Gasteiger partial charge on any atom is -0.454 e. The Morgan fingerprint density at radius 3 is 2.74 bits per heavy atom.